The van der Waals surface area contributed by atoms with Crippen LogP contribution in [0.1, 0.15) is 19.4 Å². The van der Waals surface area contributed by atoms with E-state index in [-0.39, 0.29) is 14.5 Å². The van der Waals surface area contributed by atoms with Crippen LogP contribution >= 0.6 is 6.29 Å². The first-order valence-electron chi connectivity index (χ1n) is 5.49. The van der Waals surface area contributed by atoms with Gasteiger partial charge in [0, 0.05) is 0 Å². The van der Waals surface area contributed by atoms with Crippen molar-refractivity contribution >= 4 is 26.9 Å². The van der Waals surface area contributed by atoms with Crippen LogP contribution in [0.25, 0.3) is 6.08 Å². The number of rotatable bonds is 7. The third kappa shape index (κ3) is 5.67. The summed E-state index contributed by atoms with van der Waals surface area (Å²) >= 11 is -0.283. The van der Waals surface area contributed by atoms with Gasteiger partial charge in [0.2, 0.25) is 0 Å². The van der Waals surface area contributed by atoms with E-state index < -0.39 is 6.29 Å². The molecule has 3 nitrogen and oxygen atoms in total. The zero-order valence-electron chi connectivity index (χ0n) is 10.0. The first kappa shape index (κ1) is 14.7. The van der Waals surface area contributed by atoms with Crippen molar-refractivity contribution in [1.29, 1.82) is 0 Å². The normalized spacial score (nSPS) is 12.1. The zero-order valence-corrected chi connectivity index (χ0v) is 12.6. The Morgan fingerprint density at radius 1 is 1.18 bits per heavy atom. The number of hydrogen-bond donors (Lipinski definition) is 0. The predicted octanol–water partition coefficient (Wildman–Crippen LogP) is 3.54. The Kier molecular flexibility index (Phi) is 6.79. The molecule has 0 fully saturated rings. The quantitative estimate of drug-likeness (QED) is 0.569. The maximum atomic E-state index is 12.1. The first-order chi connectivity index (χ1) is 8.20. The predicted molar refractivity (Wildman–Crippen MR) is 72.1 cm³/mol. The van der Waals surface area contributed by atoms with E-state index >= 15 is 0 Å². The molecule has 17 heavy (non-hydrogen) atoms. The van der Waals surface area contributed by atoms with Crippen molar-refractivity contribution in [3.8, 4) is 0 Å². The first-order valence-corrected chi connectivity index (χ1v) is 10.2. The van der Waals surface area contributed by atoms with Gasteiger partial charge in [-0.25, -0.2) is 0 Å². The second-order valence-electron chi connectivity index (χ2n) is 3.10. The molecule has 0 aliphatic carbocycles. The second kappa shape index (κ2) is 7.86. The summed E-state index contributed by atoms with van der Waals surface area (Å²) in [6, 6.07) is 9.90. The molecule has 94 valence electrons. The fourth-order valence-corrected chi connectivity index (χ4v) is 5.94. The summed E-state index contributed by atoms with van der Waals surface area (Å²) in [7, 11) is 0. The van der Waals surface area contributed by atoms with Crippen LogP contribution in [0, 0.1) is 0 Å². The Bertz CT molecular complexity index is 382. The summed E-state index contributed by atoms with van der Waals surface area (Å²) in [6.45, 7) is 4.47. The molecule has 0 radical (unpaired) electrons. The maximum absolute atomic E-state index is 12.1. The van der Waals surface area contributed by atoms with Crippen molar-refractivity contribution in [2.45, 2.75) is 13.8 Å². The van der Waals surface area contributed by atoms with Gasteiger partial charge < -0.3 is 0 Å². The van der Waals surface area contributed by atoms with E-state index in [2.05, 4.69) is 0 Å². The van der Waals surface area contributed by atoms with Crippen molar-refractivity contribution in [3.63, 3.8) is 0 Å². The van der Waals surface area contributed by atoms with E-state index in [1.807, 2.05) is 55.2 Å². The van der Waals surface area contributed by atoms with Crippen LogP contribution in [-0.2, 0) is 13.6 Å². The third-order valence-electron chi connectivity index (χ3n) is 1.82. The molecule has 0 spiro atoms. The van der Waals surface area contributed by atoms with Crippen molar-refractivity contribution in [1.82, 2.24) is 0 Å². The molecule has 0 aromatic heterocycles. The van der Waals surface area contributed by atoms with Gasteiger partial charge >= 0.3 is 108 Å². The van der Waals surface area contributed by atoms with Gasteiger partial charge in [0.25, 0.3) is 0 Å². The fraction of sp³-hybridized carbons (Fsp3) is 0.333. The molecule has 0 saturated carbocycles. The van der Waals surface area contributed by atoms with Crippen LogP contribution < -0.4 is 0 Å². The molecule has 0 aliphatic rings. The molecule has 0 unspecified atom stereocenters. The van der Waals surface area contributed by atoms with Crippen LogP contribution in [0.2, 0.25) is 0 Å². The van der Waals surface area contributed by atoms with Crippen LogP contribution in [0.15, 0.2) is 35.3 Å². The van der Waals surface area contributed by atoms with Crippen molar-refractivity contribution in [2.24, 2.45) is 0 Å². The van der Waals surface area contributed by atoms with Gasteiger partial charge in [0.1, 0.15) is 0 Å². The van der Waals surface area contributed by atoms with E-state index in [1.165, 1.54) is 0 Å². The third-order valence-corrected chi connectivity index (χ3v) is 7.36. The Balaban J connectivity index is 2.58. The summed E-state index contributed by atoms with van der Waals surface area (Å²) < 4.78 is 22.6. The fourth-order valence-electron chi connectivity index (χ4n) is 1.16. The molecular formula is C12H17O3PSe. The van der Waals surface area contributed by atoms with E-state index in [0.717, 1.165) is 5.56 Å². The minimum absolute atomic E-state index is 0.283. The summed E-state index contributed by atoms with van der Waals surface area (Å²) in [6.07, 6.45) is -0.932. The van der Waals surface area contributed by atoms with Crippen LogP contribution in [0.5, 0.6) is 0 Å². The summed E-state index contributed by atoms with van der Waals surface area (Å²) in [5.41, 5.74) is 1.09. The van der Waals surface area contributed by atoms with Crippen LogP contribution in [0.3, 0.4) is 0 Å². The van der Waals surface area contributed by atoms with Gasteiger partial charge in [-0.15, -0.1) is 0 Å². The molecule has 0 bridgehead atoms. The van der Waals surface area contributed by atoms with Crippen molar-refractivity contribution < 1.29 is 13.6 Å². The minimum atomic E-state index is -2.88. The molecule has 0 aliphatic heterocycles. The number of hydrogen-bond acceptors (Lipinski definition) is 3. The monoisotopic (exact) mass is 320 g/mol. The molecule has 0 amide bonds. The Hall–Kier alpha value is -0.371. The average Bonchev–Trinajstić information content (AvgIpc) is 2.31. The van der Waals surface area contributed by atoms with Gasteiger partial charge in [-0.3, -0.25) is 0 Å². The van der Waals surface area contributed by atoms with E-state index in [9.17, 15) is 4.57 Å². The average molecular weight is 319 g/mol. The molecule has 1 rings (SSSR count). The van der Waals surface area contributed by atoms with E-state index in [1.54, 1.807) is 0 Å². The Morgan fingerprint density at radius 2 is 1.76 bits per heavy atom. The summed E-state index contributed by atoms with van der Waals surface area (Å²) in [5, 5.41) is 0. The topological polar surface area (TPSA) is 35.5 Å². The molecule has 0 N–H and O–H groups in total. The van der Waals surface area contributed by atoms with E-state index in [0.29, 0.717) is 13.2 Å². The van der Waals surface area contributed by atoms with Crippen molar-refractivity contribution in [3.05, 3.63) is 40.9 Å². The van der Waals surface area contributed by atoms with Gasteiger partial charge in [0.15, 0.2) is 0 Å². The molecule has 0 heterocycles. The van der Waals surface area contributed by atoms with Crippen molar-refractivity contribution in [2.75, 3.05) is 13.2 Å². The number of benzene rings is 1. The SMILES string of the molecule is CCOP(=O)(OCC)[Se]/C=C\c1ccccc1. The summed E-state index contributed by atoms with van der Waals surface area (Å²) in [5.74, 6) is 0. The van der Waals surface area contributed by atoms with Gasteiger partial charge in [-0.05, 0) is 0 Å². The molecule has 1 aromatic rings. The molecule has 0 saturated heterocycles. The van der Waals surface area contributed by atoms with Crippen LogP contribution in [-0.4, -0.2) is 27.7 Å². The molecule has 5 heteroatoms. The summed E-state index contributed by atoms with van der Waals surface area (Å²) in [4.78, 5) is 1.90. The van der Waals surface area contributed by atoms with E-state index in [4.69, 9.17) is 9.05 Å². The molecular weight excluding hydrogens is 302 g/mol. The standard InChI is InChI=1S/C12H17O3PSe/c1-3-14-16(13,15-4-2)17-11-10-12-8-6-5-7-9-12/h5-11H,3-4H2,1-2H3/b11-10-. The van der Waals surface area contributed by atoms with Gasteiger partial charge in [-0.1, -0.05) is 0 Å². The molecule has 0 atom stereocenters. The van der Waals surface area contributed by atoms with Gasteiger partial charge in [0.05, 0.1) is 0 Å². The molecule has 1 aromatic carbocycles. The van der Waals surface area contributed by atoms with Gasteiger partial charge in [-0.2, -0.15) is 0 Å². The Morgan fingerprint density at radius 3 is 2.29 bits per heavy atom. The second-order valence-corrected chi connectivity index (χ2v) is 9.44. The van der Waals surface area contributed by atoms with Crippen LogP contribution in [0.4, 0.5) is 0 Å². The zero-order chi connectivity index (χ0) is 12.6. The Labute approximate surface area is 109 Å².